The van der Waals surface area contributed by atoms with Gasteiger partial charge in [-0.25, -0.2) is 4.98 Å². The first-order valence-electron chi connectivity index (χ1n) is 9.17. The minimum absolute atomic E-state index is 0.170. The van der Waals surface area contributed by atoms with Crippen molar-refractivity contribution in [3.05, 3.63) is 69.2 Å². The highest BCUT2D eigenvalue weighted by Crippen LogP contribution is 2.23. The Morgan fingerprint density at radius 3 is 2.39 bits per heavy atom. The molecular weight excluding hydrogens is 372 g/mol. The lowest BCUT2D eigenvalue weighted by molar-refractivity contribution is 0.103. The van der Waals surface area contributed by atoms with Crippen molar-refractivity contribution in [3.63, 3.8) is 0 Å². The highest BCUT2D eigenvalue weighted by molar-refractivity contribution is 7.13. The number of benzene rings is 2. The normalized spacial score (nSPS) is 10.6. The van der Waals surface area contributed by atoms with Gasteiger partial charge in [0.15, 0.2) is 0 Å². The van der Waals surface area contributed by atoms with Gasteiger partial charge >= 0.3 is 0 Å². The molecule has 0 fully saturated rings. The number of nitrogens with one attached hydrogen (secondary N) is 1. The van der Waals surface area contributed by atoms with E-state index in [0.717, 1.165) is 16.5 Å². The molecule has 2 aromatic carbocycles. The summed E-state index contributed by atoms with van der Waals surface area (Å²) in [5.74, 6) is 1.41. The summed E-state index contributed by atoms with van der Waals surface area (Å²) in [7, 11) is 0. The molecule has 1 N–H and O–H groups in total. The molecule has 0 radical (unpaired) electrons. The summed E-state index contributed by atoms with van der Waals surface area (Å²) in [5.41, 5.74) is 3.83. The molecule has 3 aromatic rings. The summed E-state index contributed by atoms with van der Waals surface area (Å²) in [4.78, 5) is 17.7. The number of nitrogens with zero attached hydrogens (tertiary/aromatic N) is 1. The van der Waals surface area contributed by atoms with E-state index in [4.69, 9.17) is 9.47 Å². The Morgan fingerprint density at radius 1 is 1.00 bits per heavy atom. The number of carbonyl (C=O) groups excluding carboxylic acids is 1. The summed E-state index contributed by atoms with van der Waals surface area (Å²) < 4.78 is 11.2. The van der Waals surface area contributed by atoms with E-state index in [9.17, 15) is 4.79 Å². The van der Waals surface area contributed by atoms with Crippen LogP contribution in [0.25, 0.3) is 0 Å². The number of ether oxygens (including phenoxy) is 2. The van der Waals surface area contributed by atoms with E-state index in [0.29, 0.717) is 29.5 Å². The molecule has 0 aliphatic carbocycles. The van der Waals surface area contributed by atoms with Gasteiger partial charge in [-0.2, -0.15) is 0 Å². The van der Waals surface area contributed by atoms with Crippen LogP contribution in [-0.2, 0) is 6.61 Å². The van der Waals surface area contributed by atoms with Crippen LogP contribution in [0.1, 0.15) is 38.4 Å². The van der Waals surface area contributed by atoms with Gasteiger partial charge in [0.25, 0.3) is 5.91 Å². The molecular formula is C22H24N2O3S. The zero-order valence-electron chi connectivity index (χ0n) is 16.5. The first-order valence-corrected chi connectivity index (χ1v) is 9.98. The maximum absolute atomic E-state index is 12.6. The van der Waals surface area contributed by atoms with Gasteiger partial charge in [0.2, 0.25) is 0 Å². The largest absolute Gasteiger partial charge is 0.494 e. The summed E-state index contributed by atoms with van der Waals surface area (Å²) >= 11 is 1.35. The van der Waals surface area contributed by atoms with Crippen LogP contribution in [0.3, 0.4) is 0 Å². The third-order valence-corrected chi connectivity index (χ3v) is 5.44. The molecule has 6 heteroatoms. The van der Waals surface area contributed by atoms with Crippen molar-refractivity contribution < 1.29 is 14.3 Å². The van der Waals surface area contributed by atoms with E-state index in [2.05, 4.69) is 24.1 Å². The van der Waals surface area contributed by atoms with Crippen LogP contribution in [0.4, 0.5) is 5.69 Å². The van der Waals surface area contributed by atoms with Gasteiger partial charge < -0.3 is 14.8 Å². The van der Waals surface area contributed by atoms with Crippen molar-refractivity contribution in [1.82, 2.24) is 4.98 Å². The predicted octanol–water partition coefficient (Wildman–Crippen LogP) is 5.30. The van der Waals surface area contributed by atoms with Gasteiger partial charge in [-0.3, -0.25) is 4.79 Å². The topological polar surface area (TPSA) is 60.5 Å². The van der Waals surface area contributed by atoms with Crippen molar-refractivity contribution in [1.29, 1.82) is 0 Å². The number of thiazole rings is 1. The molecule has 1 amide bonds. The number of anilines is 1. The predicted molar refractivity (Wildman–Crippen MR) is 113 cm³/mol. The van der Waals surface area contributed by atoms with E-state index in [-0.39, 0.29) is 5.91 Å². The van der Waals surface area contributed by atoms with Crippen LogP contribution in [0.2, 0.25) is 0 Å². The maximum atomic E-state index is 12.6. The van der Waals surface area contributed by atoms with Gasteiger partial charge in [-0.1, -0.05) is 6.07 Å². The molecule has 0 unspecified atom stereocenters. The number of aryl methyl sites for hydroxylation is 3. The van der Waals surface area contributed by atoms with Crippen LogP contribution in [-0.4, -0.2) is 17.5 Å². The van der Waals surface area contributed by atoms with Gasteiger partial charge in [-0.15, -0.1) is 11.3 Å². The van der Waals surface area contributed by atoms with Gasteiger partial charge in [-0.05, 0) is 75.2 Å². The number of amides is 1. The fourth-order valence-corrected chi connectivity index (χ4v) is 3.54. The second-order valence-electron chi connectivity index (χ2n) is 6.47. The van der Waals surface area contributed by atoms with Crippen molar-refractivity contribution in [2.45, 2.75) is 34.3 Å². The fourth-order valence-electron chi connectivity index (χ4n) is 2.66. The van der Waals surface area contributed by atoms with E-state index < -0.39 is 0 Å². The first-order chi connectivity index (χ1) is 13.5. The van der Waals surface area contributed by atoms with Crippen molar-refractivity contribution in [2.24, 2.45) is 0 Å². The van der Waals surface area contributed by atoms with Crippen LogP contribution in [0, 0.1) is 20.8 Å². The quantitative estimate of drug-likeness (QED) is 0.589. The minimum Gasteiger partial charge on any atom is -0.494 e. The number of hydrogen-bond acceptors (Lipinski definition) is 5. The number of carbonyl (C=O) groups is 1. The van der Waals surface area contributed by atoms with Gasteiger partial charge in [0.05, 0.1) is 12.3 Å². The summed E-state index contributed by atoms with van der Waals surface area (Å²) in [6.07, 6.45) is 0. The van der Waals surface area contributed by atoms with E-state index in [1.165, 1.54) is 22.5 Å². The Labute approximate surface area is 169 Å². The van der Waals surface area contributed by atoms with Crippen molar-refractivity contribution in [3.8, 4) is 11.5 Å². The lowest BCUT2D eigenvalue weighted by Gasteiger charge is -2.07. The molecule has 0 atom stereocenters. The summed E-state index contributed by atoms with van der Waals surface area (Å²) in [6.45, 7) is 8.84. The van der Waals surface area contributed by atoms with Crippen LogP contribution >= 0.6 is 11.3 Å². The van der Waals surface area contributed by atoms with Crippen molar-refractivity contribution >= 4 is 22.9 Å². The molecule has 5 nitrogen and oxygen atoms in total. The summed E-state index contributed by atoms with van der Waals surface area (Å²) in [5, 5.41) is 3.68. The van der Waals surface area contributed by atoms with E-state index >= 15 is 0 Å². The zero-order valence-corrected chi connectivity index (χ0v) is 17.4. The molecule has 0 aliphatic heterocycles. The molecule has 3 rings (SSSR count). The molecule has 1 aromatic heterocycles. The van der Waals surface area contributed by atoms with Crippen LogP contribution in [0.15, 0.2) is 42.5 Å². The standard InChI is InChI=1S/C22H24N2O3S/c1-5-26-18-10-7-17(8-11-18)24-22(25)21-16(4)23-20(28-21)13-27-19-9-6-14(2)15(3)12-19/h6-12H,5,13H2,1-4H3,(H,24,25). The molecule has 0 bridgehead atoms. The summed E-state index contributed by atoms with van der Waals surface area (Å²) in [6, 6.07) is 13.3. The average molecular weight is 397 g/mol. The van der Waals surface area contributed by atoms with Gasteiger partial charge in [0, 0.05) is 5.69 Å². The van der Waals surface area contributed by atoms with Gasteiger partial charge in [0.1, 0.15) is 28.0 Å². The lowest BCUT2D eigenvalue weighted by Crippen LogP contribution is -2.11. The fraction of sp³-hybridized carbons (Fsp3) is 0.273. The third kappa shape index (κ3) is 4.89. The van der Waals surface area contributed by atoms with Crippen molar-refractivity contribution in [2.75, 3.05) is 11.9 Å². The smallest absolute Gasteiger partial charge is 0.267 e. The Kier molecular flexibility index (Phi) is 6.31. The SMILES string of the molecule is CCOc1ccc(NC(=O)c2sc(COc3ccc(C)c(C)c3)nc2C)cc1. The lowest BCUT2D eigenvalue weighted by atomic mass is 10.1. The molecule has 28 heavy (non-hydrogen) atoms. The zero-order chi connectivity index (χ0) is 20.1. The number of hydrogen-bond donors (Lipinski definition) is 1. The molecule has 1 heterocycles. The minimum atomic E-state index is -0.170. The number of rotatable bonds is 7. The van der Waals surface area contributed by atoms with Crippen LogP contribution in [0.5, 0.6) is 11.5 Å². The molecule has 0 saturated heterocycles. The first kappa shape index (κ1) is 19.9. The Hall–Kier alpha value is -2.86. The van der Waals surface area contributed by atoms with Crippen LogP contribution < -0.4 is 14.8 Å². The second kappa shape index (κ2) is 8.89. The highest BCUT2D eigenvalue weighted by Gasteiger charge is 2.16. The average Bonchev–Trinajstić information content (AvgIpc) is 3.05. The molecule has 146 valence electrons. The van der Waals surface area contributed by atoms with E-state index in [1.54, 1.807) is 0 Å². The third-order valence-electron chi connectivity index (χ3n) is 4.31. The van der Waals surface area contributed by atoms with E-state index in [1.807, 2.05) is 56.3 Å². The molecule has 0 aliphatic rings. The highest BCUT2D eigenvalue weighted by atomic mass is 32.1. The monoisotopic (exact) mass is 396 g/mol. The maximum Gasteiger partial charge on any atom is 0.267 e. The second-order valence-corrected chi connectivity index (χ2v) is 7.55. The Balaban J connectivity index is 1.63. The molecule has 0 spiro atoms. The molecule has 0 saturated carbocycles. The Bertz CT molecular complexity index is 964. The number of aromatic nitrogens is 1. The Morgan fingerprint density at radius 2 is 1.71 bits per heavy atom.